The van der Waals surface area contributed by atoms with Gasteiger partial charge in [-0.1, -0.05) is 13.3 Å². The summed E-state index contributed by atoms with van der Waals surface area (Å²) in [7, 11) is 0. The predicted molar refractivity (Wildman–Crippen MR) is 59.9 cm³/mol. The molecule has 0 spiro atoms. The number of hydrogen-bond acceptors (Lipinski definition) is 4. The molecule has 0 saturated heterocycles. The van der Waals surface area contributed by atoms with Gasteiger partial charge in [-0.05, 0) is 26.2 Å². The maximum Gasteiger partial charge on any atom is 0.323 e. The minimum absolute atomic E-state index is 0.113. The van der Waals surface area contributed by atoms with E-state index in [-0.39, 0.29) is 12.5 Å². The first-order valence-corrected chi connectivity index (χ1v) is 5.65. The third-order valence-electron chi connectivity index (χ3n) is 2.35. The number of carboxylic acid groups (broad SMARTS) is 1. The molecule has 0 bridgehead atoms. The molecule has 0 heterocycles. The Morgan fingerprint density at radius 3 is 2.50 bits per heavy atom. The quantitative estimate of drug-likeness (QED) is 0.485. The molecule has 0 aromatic heterocycles. The highest BCUT2D eigenvalue weighted by atomic mass is 16.5. The normalized spacial score (nSPS) is 14.2. The van der Waals surface area contributed by atoms with Gasteiger partial charge in [-0.3, -0.25) is 9.59 Å². The Labute approximate surface area is 96.0 Å². The van der Waals surface area contributed by atoms with E-state index < -0.39 is 18.0 Å². The molecule has 0 aliphatic rings. The summed E-state index contributed by atoms with van der Waals surface area (Å²) in [6, 6.07) is -0.636. The monoisotopic (exact) mass is 231 g/mol. The van der Waals surface area contributed by atoms with Gasteiger partial charge in [-0.25, -0.2) is 0 Å². The maximum atomic E-state index is 11.4. The van der Waals surface area contributed by atoms with Crippen molar-refractivity contribution in [3.05, 3.63) is 0 Å². The van der Waals surface area contributed by atoms with Gasteiger partial charge in [-0.15, -0.1) is 0 Å². The molecule has 2 atom stereocenters. The van der Waals surface area contributed by atoms with Gasteiger partial charge in [0, 0.05) is 6.42 Å². The summed E-state index contributed by atoms with van der Waals surface area (Å²) in [5, 5.41) is 8.42. The summed E-state index contributed by atoms with van der Waals surface area (Å²) in [6.45, 7) is 3.74. The summed E-state index contributed by atoms with van der Waals surface area (Å²) < 4.78 is 5.06. The van der Waals surface area contributed by atoms with Crippen LogP contribution in [0.5, 0.6) is 0 Å². The lowest BCUT2D eigenvalue weighted by Gasteiger charge is -2.15. The van der Waals surface area contributed by atoms with Gasteiger partial charge in [0.2, 0.25) is 0 Å². The molecular weight excluding hydrogens is 210 g/mol. The second-order valence-corrected chi connectivity index (χ2v) is 3.90. The van der Waals surface area contributed by atoms with Gasteiger partial charge in [0.05, 0.1) is 6.10 Å². The Bertz CT molecular complexity index is 230. The zero-order chi connectivity index (χ0) is 12.6. The molecule has 0 fully saturated rings. The van der Waals surface area contributed by atoms with Crippen LogP contribution >= 0.6 is 0 Å². The van der Waals surface area contributed by atoms with Crippen LogP contribution in [-0.4, -0.2) is 29.2 Å². The molecule has 0 aromatic carbocycles. The van der Waals surface area contributed by atoms with Crippen LogP contribution in [0.2, 0.25) is 0 Å². The second kappa shape index (κ2) is 8.10. The van der Waals surface area contributed by atoms with E-state index in [9.17, 15) is 9.59 Å². The van der Waals surface area contributed by atoms with Crippen molar-refractivity contribution in [2.24, 2.45) is 5.73 Å². The highest BCUT2D eigenvalue weighted by Crippen LogP contribution is 2.05. The second-order valence-electron chi connectivity index (χ2n) is 3.90. The van der Waals surface area contributed by atoms with Crippen LogP contribution < -0.4 is 5.73 Å². The lowest BCUT2D eigenvalue weighted by atomic mass is 10.1. The van der Waals surface area contributed by atoms with Gasteiger partial charge in [0.1, 0.15) is 6.04 Å². The van der Waals surface area contributed by atoms with Crippen molar-refractivity contribution >= 4 is 11.9 Å². The molecule has 5 heteroatoms. The average Bonchev–Trinajstić information content (AvgIpc) is 2.23. The zero-order valence-corrected chi connectivity index (χ0v) is 9.94. The van der Waals surface area contributed by atoms with Gasteiger partial charge in [-0.2, -0.15) is 0 Å². The first kappa shape index (κ1) is 14.9. The molecule has 0 aromatic rings. The fraction of sp³-hybridized carbons (Fsp3) is 0.818. The molecule has 0 saturated carbocycles. The number of ether oxygens (including phenoxy) is 1. The van der Waals surface area contributed by atoms with Crippen molar-refractivity contribution in [1.82, 2.24) is 0 Å². The third-order valence-corrected chi connectivity index (χ3v) is 2.35. The van der Waals surface area contributed by atoms with Crippen LogP contribution in [0.1, 0.15) is 46.0 Å². The number of carbonyl (C=O) groups excluding carboxylic acids is 1. The van der Waals surface area contributed by atoms with Gasteiger partial charge < -0.3 is 15.6 Å². The van der Waals surface area contributed by atoms with Gasteiger partial charge in [0.15, 0.2) is 0 Å². The Kier molecular flexibility index (Phi) is 7.54. The van der Waals surface area contributed by atoms with Crippen molar-refractivity contribution in [3.8, 4) is 0 Å². The highest BCUT2D eigenvalue weighted by molar-refractivity contribution is 5.75. The van der Waals surface area contributed by atoms with E-state index in [1.54, 1.807) is 0 Å². The van der Waals surface area contributed by atoms with E-state index in [1.165, 1.54) is 0 Å². The van der Waals surface area contributed by atoms with Crippen molar-refractivity contribution < 1.29 is 19.4 Å². The molecule has 5 nitrogen and oxygen atoms in total. The number of carbonyl (C=O) groups is 2. The lowest BCUT2D eigenvalue weighted by Crippen LogP contribution is -2.34. The van der Waals surface area contributed by atoms with E-state index in [0.29, 0.717) is 19.3 Å². The molecule has 16 heavy (non-hydrogen) atoms. The summed E-state index contributed by atoms with van der Waals surface area (Å²) in [6.07, 6.45) is 2.41. The number of unbranched alkanes of at least 4 members (excludes halogenated alkanes) is 1. The highest BCUT2D eigenvalue weighted by Gasteiger charge is 2.16. The van der Waals surface area contributed by atoms with Crippen LogP contribution in [0, 0.1) is 0 Å². The smallest absolute Gasteiger partial charge is 0.323 e. The van der Waals surface area contributed by atoms with E-state index in [0.717, 1.165) is 6.42 Å². The van der Waals surface area contributed by atoms with Gasteiger partial charge in [0.25, 0.3) is 0 Å². The minimum atomic E-state index is -0.823. The predicted octanol–water partition coefficient (Wildman–Crippen LogP) is 1.30. The van der Waals surface area contributed by atoms with Crippen LogP contribution in [0.25, 0.3) is 0 Å². The first-order chi connectivity index (χ1) is 7.47. The Hall–Kier alpha value is -1.10. The lowest BCUT2D eigenvalue weighted by molar-refractivity contribution is -0.150. The van der Waals surface area contributed by atoms with E-state index in [1.807, 2.05) is 13.8 Å². The van der Waals surface area contributed by atoms with E-state index >= 15 is 0 Å². The number of nitrogens with two attached hydrogens (primary N) is 1. The van der Waals surface area contributed by atoms with Crippen LogP contribution in [0.4, 0.5) is 0 Å². The third kappa shape index (κ3) is 7.23. The Balaban J connectivity index is 3.67. The fourth-order valence-electron chi connectivity index (χ4n) is 1.13. The van der Waals surface area contributed by atoms with Crippen LogP contribution in [-0.2, 0) is 14.3 Å². The molecule has 0 radical (unpaired) electrons. The molecule has 0 amide bonds. The van der Waals surface area contributed by atoms with Crippen LogP contribution in [0.3, 0.4) is 0 Å². The van der Waals surface area contributed by atoms with Crippen molar-refractivity contribution in [1.29, 1.82) is 0 Å². The van der Waals surface area contributed by atoms with Crippen LogP contribution in [0.15, 0.2) is 0 Å². The number of hydrogen-bond donors (Lipinski definition) is 2. The number of carboxylic acids is 1. The number of rotatable bonds is 8. The largest absolute Gasteiger partial charge is 0.481 e. The molecule has 3 N–H and O–H groups in total. The molecule has 0 aliphatic carbocycles. The number of esters is 1. The standard InChI is InChI=1S/C11H21NO4/c1-3-8(2)16-11(15)9(12)6-4-5-7-10(13)14/h8-9H,3-7,12H2,1-2H3,(H,13,14). The zero-order valence-electron chi connectivity index (χ0n) is 9.94. The molecule has 0 rings (SSSR count). The average molecular weight is 231 g/mol. The fourth-order valence-corrected chi connectivity index (χ4v) is 1.13. The van der Waals surface area contributed by atoms with Gasteiger partial charge >= 0.3 is 11.9 Å². The topological polar surface area (TPSA) is 89.6 Å². The van der Waals surface area contributed by atoms with E-state index in [2.05, 4.69) is 0 Å². The summed E-state index contributed by atoms with van der Waals surface area (Å²) in [5.41, 5.74) is 5.62. The Morgan fingerprint density at radius 1 is 1.38 bits per heavy atom. The first-order valence-electron chi connectivity index (χ1n) is 5.65. The molecule has 2 unspecified atom stereocenters. The van der Waals surface area contributed by atoms with Crippen molar-refractivity contribution in [3.63, 3.8) is 0 Å². The SMILES string of the molecule is CCC(C)OC(=O)C(N)CCCCC(=O)O. The summed E-state index contributed by atoms with van der Waals surface area (Å²) in [5.74, 6) is -1.22. The molecule has 0 aliphatic heterocycles. The Morgan fingerprint density at radius 2 is 2.00 bits per heavy atom. The molecular formula is C11H21NO4. The summed E-state index contributed by atoms with van der Waals surface area (Å²) in [4.78, 5) is 21.6. The molecule has 94 valence electrons. The maximum absolute atomic E-state index is 11.4. The van der Waals surface area contributed by atoms with Crippen molar-refractivity contribution in [2.75, 3.05) is 0 Å². The van der Waals surface area contributed by atoms with Crippen molar-refractivity contribution in [2.45, 2.75) is 58.1 Å². The van der Waals surface area contributed by atoms with E-state index in [4.69, 9.17) is 15.6 Å². The minimum Gasteiger partial charge on any atom is -0.481 e. The summed E-state index contributed by atoms with van der Waals surface area (Å²) >= 11 is 0. The number of aliphatic carboxylic acids is 1.